The van der Waals surface area contributed by atoms with E-state index in [1.807, 2.05) is 36.4 Å². The molecule has 9 heteroatoms. The van der Waals surface area contributed by atoms with Crippen LogP contribution >= 0.6 is 11.3 Å². The third kappa shape index (κ3) is 6.42. The highest BCUT2D eigenvalue weighted by molar-refractivity contribution is 7.13. The average Bonchev–Trinajstić information content (AvgIpc) is 3.29. The molecule has 2 heterocycles. The Kier molecular flexibility index (Phi) is 7.95. The fourth-order valence-electron chi connectivity index (χ4n) is 4.16. The van der Waals surface area contributed by atoms with Gasteiger partial charge in [0.1, 0.15) is 4.88 Å². The molecule has 2 aromatic heterocycles. The number of rotatable bonds is 8. The molecule has 3 aromatic rings. The van der Waals surface area contributed by atoms with Crippen molar-refractivity contribution in [3.05, 3.63) is 69.9 Å². The average molecular weight is 489 g/mol. The van der Waals surface area contributed by atoms with Gasteiger partial charge in [0.2, 0.25) is 0 Å². The zero-order chi connectivity index (χ0) is 24.0. The topological polar surface area (TPSA) is 66.9 Å². The number of carbonyl (C=O) groups excluding carboxylic acids is 1. The molecule has 1 amide bonds. The summed E-state index contributed by atoms with van der Waals surface area (Å²) in [5.41, 5.74) is 1.52. The van der Waals surface area contributed by atoms with Gasteiger partial charge in [0.05, 0.1) is 5.01 Å². The molecule has 1 saturated carbocycles. The molecular formula is C25H27F3N4OS. The van der Waals surface area contributed by atoms with Gasteiger partial charge in [0.15, 0.2) is 5.69 Å². The van der Waals surface area contributed by atoms with Crippen LogP contribution in [0.5, 0.6) is 0 Å². The van der Waals surface area contributed by atoms with E-state index in [9.17, 15) is 18.0 Å². The van der Waals surface area contributed by atoms with E-state index >= 15 is 0 Å². The number of pyridine rings is 1. The van der Waals surface area contributed by atoms with Gasteiger partial charge in [-0.3, -0.25) is 9.78 Å². The van der Waals surface area contributed by atoms with E-state index in [1.54, 1.807) is 12.4 Å². The van der Waals surface area contributed by atoms with Crippen LogP contribution in [-0.4, -0.2) is 28.5 Å². The minimum absolute atomic E-state index is 0.112. The maximum atomic E-state index is 13.6. The molecule has 180 valence electrons. The third-order valence-electron chi connectivity index (χ3n) is 5.90. The van der Waals surface area contributed by atoms with Crippen molar-refractivity contribution in [2.45, 2.75) is 57.3 Å². The number of nitrogens with one attached hydrogen (secondary N) is 2. The summed E-state index contributed by atoms with van der Waals surface area (Å²) in [5.74, 6) is -0.761. The number of halogens is 3. The highest BCUT2D eigenvalue weighted by Gasteiger charge is 2.39. The van der Waals surface area contributed by atoms with E-state index in [0.717, 1.165) is 40.9 Å². The molecule has 5 nitrogen and oxygen atoms in total. The minimum Gasteiger partial charge on any atom is -0.347 e. The Balaban J connectivity index is 1.40. The summed E-state index contributed by atoms with van der Waals surface area (Å²) in [6.45, 7) is 0.665. The van der Waals surface area contributed by atoms with E-state index in [4.69, 9.17) is 0 Å². The standard InChI is InChI=1S/C25H27F3N4OS/c26-25(27,28)23-22(34-21(32-23)11-13-30-20-9-2-1-3-10-20)24(33)31-15-17-6-4-7-18(14-17)19-8-5-12-29-16-19/h4-8,12,14,16,20,30H,1-3,9-11,13,15H2,(H,31,33). The zero-order valence-electron chi connectivity index (χ0n) is 18.7. The molecular weight excluding hydrogens is 461 g/mol. The summed E-state index contributed by atoms with van der Waals surface area (Å²) in [5, 5.41) is 6.36. The van der Waals surface area contributed by atoms with Crippen LogP contribution in [0.4, 0.5) is 13.2 Å². The van der Waals surface area contributed by atoms with Crippen molar-refractivity contribution in [3.8, 4) is 11.1 Å². The van der Waals surface area contributed by atoms with E-state index in [-0.39, 0.29) is 11.4 Å². The van der Waals surface area contributed by atoms with Crippen molar-refractivity contribution < 1.29 is 18.0 Å². The lowest BCUT2D eigenvalue weighted by molar-refractivity contribution is -0.141. The number of carbonyl (C=O) groups is 1. The fraction of sp³-hybridized carbons (Fsp3) is 0.400. The molecule has 1 aliphatic rings. The van der Waals surface area contributed by atoms with E-state index < -0.39 is 17.8 Å². The van der Waals surface area contributed by atoms with Crippen LogP contribution < -0.4 is 10.6 Å². The molecule has 0 unspecified atom stereocenters. The van der Waals surface area contributed by atoms with Crippen LogP contribution in [0.15, 0.2) is 48.8 Å². The number of alkyl halides is 3. The van der Waals surface area contributed by atoms with Crippen LogP contribution in [0, 0.1) is 0 Å². The maximum Gasteiger partial charge on any atom is 0.435 e. The summed E-state index contributed by atoms with van der Waals surface area (Å²) < 4.78 is 40.7. The molecule has 0 bridgehead atoms. The highest BCUT2D eigenvalue weighted by atomic mass is 32.1. The summed E-state index contributed by atoms with van der Waals surface area (Å²) in [7, 11) is 0. The van der Waals surface area contributed by atoms with E-state index in [1.165, 1.54) is 19.3 Å². The molecule has 1 aliphatic carbocycles. The number of nitrogens with zero attached hydrogens (tertiary/aromatic N) is 2. The van der Waals surface area contributed by atoms with Crippen molar-refractivity contribution >= 4 is 17.2 Å². The lowest BCUT2D eigenvalue weighted by atomic mass is 9.95. The second kappa shape index (κ2) is 11.1. The Morgan fingerprint density at radius 3 is 2.62 bits per heavy atom. The first-order valence-electron chi connectivity index (χ1n) is 11.5. The zero-order valence-corrected chi connectivity index (χ0v) is 19.5. The number of thiazole rings is 1. The molecule has 0 saturated heterocycles. The number of benzene rings is 1. The second-order valence-corrected chi connectivity index (χ2v) is 9.53. The van der Waals surface area contributed by atoms with Crippen molar-refractivity contribution in [1.82, 2.24) is 20.6 Å². The van der Waals surface area contributed by atoms with Crippen molar-refractivity contribution in [2.24, 2.45) is 0 Å². The molecule has 34 heavy (non-hydrogen) atoms. The molecule has 1 fully saturated rings. The van der Waals surface area contributed by atoms with Gasteiger partial charge in [0, 0.05) is 37.9 Å². The van der Waals surface area contributed by atoms with Crippen LogP contribution in [0.3, 0.4) is 0 Å². The quantitative estimate of drug-likeness (QED) is 0.432. The highest BCUT2D eigenvalue weighted by Crippen LogP contribution is 2.34. The summed E-state index contributed by atoms with van der Waals surface area (Å²) in [4.78, 5) is 20.2. The Morgan fingerprint density at radius 2 is 1.88 bits per heavy atom. The Labute approximate surface area is 200 Å². The Hall–Kier alpha value is -2.78. The largest absolute Gasteiger partial charge is 0.435 e. The Bertz CT molecular complexity index is 1100. The summed E-state index contributed by atoms with van der Waals surface area (Å²) in [6.07, 6.45) is 4.90. The van der Waals surface area contributed by atoms with Crippen LogP contribution in [0.2, 0.25) is 0 Å². The number of hydrogen-bond donors (Lipinski definition) is 2. The molecule has 2 N–H and O–H groups in total. The smallest absolute Gasteiger partial charge is 0.347 e. The van der Waals surface area contributed by atoms with Crippen LogP contribution in [-0.2, 0) is 19.1 Å². The predicted octanol–water partition coefficient (Wildman–Crippen LogP) is 5.62. The van der Waals surface area contributed by atoms with Crippen LogP contribution in [0.1, 0.15) is 58.0 Å². The molecule has 0 spiro atoms. The summed E-state index contributed by atoms with van der Waals surface area (Å²) >= 11 is 0.825. The van der Waals surface area contributed by atoms with Gasteiger partial charge >= 0.3 is 6.18 Å². The van der Waals surface area contributed by atoms with E-state index in [0.29, 0.717) is 24.0 Å². The lowest BCUT2D eigenvalue weighted by Gasteiger charge is -2.22. The molecule has 1 aromatic carbocycles. The first kappa shape index (κ1) is 24.3. The number of hydrogen-bond acceptors (Lipinski definition) is 5. The predicted molar refractivity (Wildman–Crippen MR) is 127 cm³/mol. The van der Waals surface area contributed by atoms with Gasteiger partial charge in [-0.15, -0.1) is 11.3 Å². The van der Waals surface area contributed by atoms with Crippen LogP contribution in [0.25, 0.3) is 11.1 Å². The van der Waals surface area contributed by atoms with Gasteiger partial charge in [-0.25, -0.2) is 4.98 Å². The molecule has 0 aliphatic heterocycles. The number of amides is 1. The molecule has 4 rings (SSSR count). The van der Waals surface area contributed by atoms with E-state index in [2.05, 4.69) is 20.6 Å². The van der Waals surface area contributed by atoms with Crippen molar-refractivity contribution in [3.63, 3.8) is 0 Å². The summed E-state index contributed by atoms with van der Waals surface area (Å²) in [6, 6.07) is 11.6. The van der Waals surface area contributed by atoms with Gasteiger partial charge < -0.3 is 10.6 Å². The van der Waals surface area contributed by atoms with Crippen molar-refractivity contribution in [2.75, 3.05) is 6.54 Å². The minimum atomic E-state index is -4.68. The lowest BCUT2D eigenvalue weighted by Crippen LogP contribution is -2.32. The fourth-order valence-corrected chi connectivity index (χ4v) is 5.16. The van der Waals surface area contributed by atoms with Gasteiger partial charge in [-0.1, -0.05) is 43.5 Å². The van der Waals surface area contributed by atoms with Gasteiger partial charge in [-0.05, 0) is 41.7 Å². The van der Waals surface area contributed by atoms with Gasteiger partial charge in [-0.2, -0.15) is 13.2 Å². The second-order valence-electron chi connectivity index (χ2n) is 8.45. The normalized spacial score (nSPS) is 14.8. The Morgan fingerprint density at radius 1 is 1.09 bits per heavy atom. The van der Waals surface area contributed by atoms with Crippen molar-refractivity contribution in [1.29, 1.82) is 0 Å². The molecule has 0 radical (unpaired) electrons. The molecule has 0 atom stereocenters. The SMILES string of the molecule is O=C(NCc1cccc(-c2cccnc2)c1)c1sc(CCNC2CCCCC2)nc1C(F)(F)F. The monoisotopic (exact) mass is 488 g/mol. The number of aromatic nitrogens is 2. The maximum absolute atomic E-state index is 13.6. The first-order valence-corrected chi connectivity index (χ1v) is 12.3. The third-order valence-corrected chi connectivity index (χ3v) is 7.01. The van der Waals surface area contributed by atoms with Gasteiger partial charge in [0.25, 0.3) is 5.91 Å². The first-order chi connectivity index (χ1) is 16.4.